The quantitative estimate of drug-likeness (QED) is 0.696. The van der Waals surface area contributed by atoms with Crippen LogP contribution in [0, 0.1) is 0 Å². The average molecular weight is 288 g/mol. The van der Waals surface area contributed by atoms with E-state index in [1.165, 1.54) is 0 Å². The number of hydrogen-bond acceptors (Lipinski definition) is 4. The number of hydrogen-bond donors (Lipinski definition) is 4. The minimum Gasteiger partial charge on any atom is -0.508 e. The molecular weight excluding hydrogens is 268 g/mol. The lowest BCUT2D eigenvalue weighted by atomic mass is 10.2. The van der Waals surface area contributed by atoms with E-state index in [9.17, 15) is 0 Å². The zero-order valence-corrected chi connectivity index (χ0v) is 11.7. The first-order valence-electron chi connectivity index (χ1n) is 6.61. The van der Waals surface area contributed by atoms with Crippen LogP contribution in [0.1, 0.15) is 11.1 Å². The third kappa shape index (κ3) is 7.15. The highest BCUT2D eigenvalue weighted by molar-refractivity contribution is 5.50. The molecule has 0 unspecified atom stereocenters. The van der Waals surface area contributed by atoms with E-state index in [4.69, 9.17) is 20.4 Å². The largest absolute Gasteiger partial charge is 0.508 e. The Hall–Kier alpha value is -2.30. The number of aromatic hydroxyl groups is 2. The molecule has 2 rings (SSSR count). The molecule has 112 valence electrons. The molecule has 0 aliphatic heterocycles. The highest BCUT2D eigenvalue weighted by Crippen LogP contribution is 2.10. The van der Waals surface area contributed by atoms with Crippen molar-refractivity contribution in [2.24, 2.45) is 0 Å². The van der Waals surface area contributed by atoms with Gasteiger partial charge in [-0.05, 0) is 41.8 Å². The summed E-state index contributed by atoms with van der Waals surface area (Å²) in [7, 11) is 0. The predicted molar refractivity (Wildman–Crippen MR) is 83.1 cm³/mol. The third-order valence-electron chi connectivity index (χ3n) is 2.65. The molecule has 0 spiro atoms. The molecule has 0 aromatic heterocycles. The standard InChI is InChI=1S/C9H10O2.C8H10O2/c10-7-1-2-8-3-5-9(11)6-4-8;9-6-5-7-1-3-8(10)4-2-7/h1-6,10-11H,7H2;1-4,9-10H,5-6H2/b2-1+;. The van der Waals surface area contributed by atoms with Crippen molar-refractivity contribution in [3.63, 3.8) is 0 Å². The molecule has 0 bridgehead atoms. The monoisotopic (exact) mass is 288 g/mol. The number of aliphatic hydroxyl groups excluding tert-OH is 2. The highest BCUT2D eigenvalue weighted by atomic mass is 16.3. The Morgan fingerprint density at radius 1 is 0.762 bits per heavy atom. The fraction of sp³-hybridized carbons (Fsp3) is 0.176. The van der Waals surface area contributed by atoms with Gasteiger partial charge in [-0.2, -0.15) is 0 Å². The molecule has 2 aromatic carbocycles. The Balaban J connectivity index is 0.000000211. The van der Waals surface area contributed by atoms with Crippen LogP contribution in [-0.4, -0.2) is 33.6 Å². The van der Waals surface area contributed by atoms with E-state index in [2.05, 4.69) is 0 Å². The summed E-state index contributed by atoms with van der Waals surface area (Å²) in [6, 6.07) is 13.6. The number of rotatable bonds is 4. The van der Waals surface area contributed by atoms with E-state index in [1.54, 1.807) is 60.7 Å². The molecule has 0 heterocycles. The van der Waals surface area contributed by atoms with E-state index in [1.807, 2.05) is 0 Å². The van der Waals surface area contributed by atoms with Crippen molar-refractivity contribution in [3.8, 4) is 11.5 Å². The first kappa shape index (κ1) is 16.8. The van der Waals surface area contributed by atoms with Gasteiger partial charge in [-0.1, -0.05) is 36.4 Å². The van der Waals surface area contributed by atoms with Crippen LogP contribution in [-0.2, 0) is 6.42 Å². The first-order valence-corrected chi connectivity index (χ1v) is 6.61. The van der Waals surface area contributed by atoms with Gasteiger partial charge >= 0.3 is 0 Å². The smallest absolute Gasteiger partial charge is 0.115 e. The van der Waals surface area contributed by atoms with E-state index < -0.39 is 0 Å². The number of benzene rings is 2. The number of aliphatic hydroxyl groups is 2. The maximum atomic E-state index is 8.91. The minimum atomic E-state index is 0.0425. The van der Waals surface area contributed by atoms with Gasteiger partial charge in [-0.15, -0.1) is 0 Å². The summed E-state index contributed by atoms with van der Waals surface area (Å²) in [6.45, 7) is 0.200. The second-order valence-electron chi connectivity index (χ2n) is 4.32. The first-order chi connectivity index (χ1) is 10.2. The van der Waals surface area contributed by atoms with E-state index in [-0.39, 0.29) is 24.7 Å². The fourth-order valence-electron chi connectivity index (χ4n) is 1.57. The van der Waals surface area contributed by atoms with Gasteiger partial charge in [0.15, 0.2) is 0 Å². The zero-order chi connectivity index (χ0) is 15.5. The molecule has 0 fully saturated rings. The van der Waals surface area contributed by atoms with Gasteiger partial charge in [-0.3, -0.25) is 0 Å². The van der Waals surface area contributed by atoms with Crippen molar-refractivity contribution in [3.05, 3.63) is 65.7 Å². The Labute approximate surface area is 124 Å². The molecule has 0 amide bonds. The molecule has 0 saturated carbocycles. The Morgan fingerprint density at radius 2 is 1.29 bits per heavy atom. The molecule has 0 saturated heterocycles. The van der Waals surface area contributed by atoms with Crippen LogP contribution in [0.3, 0.4) is 0 Å². The van der Waals surface area contributed by atoms with E-state index in [0.717, 1.165) is 11.1 Å². The zero-order valence-electron chi connectivity index (χ0n) is 11.7. The fourth-order valence-corrected chi connectivity index (χ4v) is 1.57. The summed E-state index contributed by atoms with van der Waals surface area (Å²) >= 11 is 0. The molecule has 0 aliphatic carbocycles. The van der Waals surface area contributed by atoms with Gasteiger partial charge < -0.3 is 20.4 Å². The van der Waals surface area contributed by atoms with E-state index in [0.29, 0.717) is 6.42 Å². The third-order valence-corrected chi connectivity index (χ3v) is 2.65. The van der Waals surface area contributed by atoms with Crippen molar-refractivity contribution < 1.29 is 20.4 Å². The van der Waals surface area contributed by atoms with Crippen LogP contribution < -0.4 is 0 Å². The lowest BCUT2D eigenvalue weighted by molar-refractivity contribution is 0.299. The molecular formula is C17H20O4. The van der Waals surface area contributed by atoms with Gasteiger partial charge in [0.05, 0.1) is 6.61 Å². The second-order valence-corrected chi connectivity index (χ2v) is 4.32. The summed E-state index contributed by atoms with van der Waals surface area (Å²) in [5.74, 6) is 0.521. The number of phenols is 2. The topological polar surface area (TPSA) is 80.9 Å². The van der Waals surface area contributed by atoms with Gasteiger partial charge in [0, 0.05) is 6.61 Å². The van der Waals surface area contributed by atoms with E-state index >= 15 is 0 Å². The van der Waals surface area contributed by atoms with Crippen LogP contribution in [0.2, 0.25) is 0 Å². The number of phenolic OH excluding ortho intramolecular Hbond substituents is 2. The van der Waals surface area contributed by atoms with Crippen molar-refractivity contribution in [2.75, 3.05) is 13.2 Å². The lowest BCUT2D eigenvalue weighted by Gasteiger charge is -1.96. The van der Waals surface area contributed by atoms with Gasteiger partial charge in [-0.25, -0.2) is 0 Å². The Kier molecular flexibility index (Phi) is 7.64. The lowest BCUT2D eigenvalue weighted by Crippen LogP contribution is -1.88. The van der Waals surface area contributed by atoms with Crippen molar-refractivity contribution in [1.29, 1.82) is 0 Å². The maximum absolute atomic E-state index is 8.91. The van der Waals surface area contributed by atoms with Crippen LogP contribution >= 0.6 is 0 Å². The van der Waals surface area contributed by atoms with Crippen LogP contribution in [0.15, 0.2) is 54.6 Å². The predicted octanol–water partition coefficient (Wildman–Crippen LogP) is 2.32. The van der Waals surface area contributed by atoms with Crippen LogP contribution in [0.4, 0.5) is 0 Å². The average Bonchev–Trinajstić information content (AvgIpc) is 2.50. The Bertz CT molecular complexity index is 530. The second kappa shape index (κ2) is 9.58. The molecule has 0 aliphatic rings. The minimum absolute atomic E-state index is 0.0425. The van der Waals surface area contributed by atoms with Crippen LogP contribution in [0.25, 0.3) is 6.08 Å². The normalized spacial score (nSPS) is 10.2. The Morgan fingerprint density at radius 3 is 1.76 bits per heavy atom. The molecule has 0 radical (unpaired) electrons. The van der Waals surface area contributed by atoms with Crippen molar-refractivity contribution >= 4 is 6.08 Å². The molecule has 4 heteroatoms. The summed E-state index contributed by atoms with van der Waals surface area (Å²) in [5.41, 5.74) is 2.01. The molecule has 21 heavy (non-hydrogen) atoms. The SMILES string of the molecule is OC/C=C/c1ccc(O)cc1.OCCc1ccc(O)cc1. The van der Waals surface area contributed by atoms with Crippen LogP contribution in [0.5, 0.6) is 11.5 Å². The van der Waals surface area contributed by atoms with Gasteiger partial charge in [0.1, 0.15) is 11.5 Å². The molecule has 4 N–H and O–H groups in total. The summed E-state index contributed by atoms with van der Waals surface area (Å²) in [4.78, 5) is 0. The van der Waals surface area contributed by atoms with Crippen molar-refractivity contribution in [2.45, 2.75) is 6.42 Å². The van der Waals surface area contributed by atoms with Crippen molar-refractivity contribution in [1.82, 2.24) is 0 Å². The summed E-state index contributed by atoms with van der Waals surface area (Å²) in [6.07, 6.45) is 4.09. The highest BCUT2D eigenvalue weighted by Gasteiger charge is 1.90. The summed E-state index contributed by atoms with van der Waals surface area (Å²) < 4.78 is 0. The molecule has 4 nitrogen and oxygen atoms in total. The summed E-state index contributed by atoms with van der Waals surface area (Å²) in [5, 5.41) is 34.7. The maximum Gasteiger partial charge on any atom is 0.115 e. The molecule has 0 atom stereocenters. The van der Waals surface area contributed by atoms with Gasteiger partial charge in [0.25, 0.3) is 0 Å². The van der Waals surface area contributed by atoms with Gasteiger partial charge in [0.2, 0.25) is 0 Å². The molecule has 2 aromatic rings.